The van der Waals surface area contributed by atoms with Crippen LogP contribution >= 0.6 is 11.8 Å². The Bertz CT molecular complexity index is 289. The molecule has 1 aliphatic rings. The molecule has 0 radical (unpaired) electrons. The maximum atomic E-state index is 12.0. The number of carboxylic acids is 1. The van der Waals surface area contributed by atoms with Gasteiger partial charge in [0, 0.05) is 13.1 Å². The third-order valence-electron chi connectivity index (χ3n) is 3.29. The molecule has 1 unspecified atom stereocenters. The Morgan fingerprint density at radius 1 is 1.50 bits per heavy atom. The van der Waals surface area contributed by atoms with Gasteiger partial charge < -0.3 is 10.0 Å². The van der Waals surface area contributed by atoms with Crippen LogP contribution in [-0.4, -0.2) is 47.0 Å². The van der Waals surface area contributed by atoms with E-state index >= 15 is 0 Å². The van der Waals surface area contributed by atoms with Crippen molar-refractivity contribution in [1.82, 2.24) is 4.90 Å². The van der Waals surface area contributed by atoms with E-state index in [1.54, 1.807) is 23.7 Å². The molecule has 5 heteroatoms. The fraction of sp³-hybridized carbons (Fsp3) is 0.818. The molecule has 0 bridgehead atoms. The van der Waals surface area contributed by atoms with Crippen LogP contribution in [0.5, 0.6) is 0 Å². The van der Waals surface area contributed by atoms with Crippen LogP contribution in [0, 0.1) is 5.41 Å². The molecular formula is C11H19NO3S. The number of carbonyl (C=O) groups excluding carboxylic acids is 1. The fourth-order valence-electron chi connectivity index (χ4n) is 1.66. The molecule has 1 rings (SSSR count). The van der Waals surface area contributed by atoms with Crippen molar-refractivity contribution < 1.29 is 14.7 Å². The summed E-state index contributed by atoms with van der Waals surface area (Å²) in [6.45, 7) is 1.96. The van der Waals surface area contributed by atoms with E-state index in [-0.39, 0.29) is 11.9 Å². The van der Waals surface area contributed by atoms with Gasteiger partial charge in [-0.25, -0.2) is 0 Å². The zero-order chi connectivity index (χ0) is 12.3. The summed E-state index contributed by atoms with van der Waals surface area (Å²) in [6.07, 6.45) is 3.90. The van der Waals surface area contributed by atoms with Crippen molar-refractivity contribution in [1.29, 1.82) is 0 Å². The Kier molecular flexibility index (Phi) is 4.24. The lowest BCUT2D eigenvalue weighted by Gasteiger charge is -2.27. The van der Waals surface area contributed by atoms with Crippen LogP contribution in [0.3, 0.4) is 0 Å². The monoisotopic (exact) mass is 245 g/mol. The molecule has 0 aromatic rings. The van der Waals surface area contributed by atoms with Gasteiger partial charge in [-0.2, -0.15) is 11.8 Å². The Labute approximate surface area is 100 Å². The van der Waals surface area contributed by atoms with E-state index in [1.807, 2.05) is 13.2 Å². The zero-order valence-corrected chi connectivity index (χ0v) is 10.8. The summed E-state index contributed by atoms with van der Waals surface area (Å²) in [5.41, 5.74) is -1.09. The Balaban J connectivity index is 2.57. The molecule has 1 N–H and O–H groups in total. The highest BCUT2D eigenvalue weighted by Gasteiger charge is 2.58. The number of rotatable bonds is 6. The van der Waals surface area contributed by atoms with Gasteiger partial charge in [-0.15, -0.1) is 0 Å². The normalized spacial score (nSPS) is 18.9. The summed E-state index contributed by atoms with van der Waals surface area (Å²) >= 11 is 1.73. The summed E-state index contributed by atoms with van der Waals surface area (Å²) in [4.78, 5) is 24.6. The van der Waals surface area contributed by atoms with Gasteiger partial charge in [-0.1, -0.05) is 0 Å². The first-order chi connectivity index (χ1) is 7.45. The van der Waals surface area contributed by atoms with Crippen LogP contribution in [-0.2, 0) is 9.59 Å². The predicted molar refractivity (Wildman–Crippen MR) is 64.5 cm³/mol. The van der Waals surface area contributed by atoms with Crippen molar-refractivity contribution in [2.75, 3.05) is 19.1 Å². The molecule has 0 spiro atoms. The van der Waals surface area contributed by atoms with E-state index in [0.717, 1.165) is 12.2 Å². The smallest absolute Gasteiger partial charge is 0.319 e. The zero-order valence-electron chi connectivity index (χ0n) is 10.0. The standard InChI is InChI=1S/C11H19NO3S/c1-8(4-7-16-3)12(2)9(13)11(5-6-11)10(14)15/h8H,4-7H2,1-3H3,(H,14,15). The van der Waals surface area contributed by atoms with Crippen molar-refractivity contribution in [3.63, 3.8) is 0 Å². The molecule has 0 aromatic heterocycles. The minimum absolute atomic E-state index is 0.108. The Hall–Kier alpha value is -0.710. The van der Waals surface area contributed by atoms with Crippen molar-refractivity contribution in [2.45, 2.75) is 32.2 Å². The molecule has 1 fully saturated rings. The van der Waals surface area contributed by atoms with Crippen LogP contribution in [0.15, 0.2) is 0 Å². The van der Waals surface area contributed by atoms with Crippen LogP contribution in [0.1, 0.15) is 26.2 Å². The molecule has 1 saturated carbocycles. The summed E-state index contributed by atoms with van der Waals surface area (Å²) in [7, 11) is 1.70. The van der Waals surface area contributed by atoms with Crippen molar-refractivity contribution in [2.24, 2.45) is 5.41 Å². The third kappa shape index (κ3) is 2.51. The molecule has 0 aromatic carbocycles. The van der Waals surface area contributed by atoms with Gasteiger partial charge in [0.05, 0.1) is 0 Å². The summed E-state index contributed by atoms with van der Waals surface area (Å²) in [5.74, 6) is -0.214. The number of carboxylic acid groups (broad SMARTS) is 1. The summed E-state index contributed by atoms with van der Waals surface area (Å²) in [5, 5.41) is 9.03. The van der Waals surface area contributed by atoms with Crippen molar-refractivity contribution in [3.05, 3.63) is 0 Å². The van der Waals surface area contributed by atoms with Crippen molar-refractivity contribution in [3.8, 4) is 0 Å². The maximum Gasteiger partial charge on any atom is 0.319 e. The number of hydrogen-bond acceptors (Lipinski definition) is 3. The van der Waals surface area contributed by atoms with Gasteiger partial charge >= 0.3 is 5.97 Å². The highest BCUT2D eigenvalue weighted by molar-refractivity contribution is 7.98. The minimum atomic E-state index is -1.09. The average molecular weight is 245 g/mol. The lowest BCUT2D eigenvalue weighted by Crippen LogP contribution is -2.43. The van der Waals surface area contributed by atoms with Gasteiger partial charge in [0.1, 0.15) is 5.41 Å². The average Bonchev–Trinajstić information content (AvgIpc) is 3.04. The third-order valence-corrected chi connectivity index (χ3v) is 3.93. The van der Waals surface area contributed by atoms with E-state index in [9.17, 15) is 9.59 Å². The highest BCUT2D eigenvalue weighted by Crippen LogP contribution is 2.47. The second-order valence-electron chi connectivity index (χ2n) is 4.43. The fourth-order valence-corrected chi connectivity index (χ4v) is 2.24. The van der Waals surface area contributed by atoms with Crippen molar-refractivity contribution >= 4 is 23.6 Å². The number of carbonyl (C=O) groups is 2. The predicted octanol–water partition coefficient (Wildman–Crippen LogP) is 1.45. The maximum absolute atomic E-state index is 12.0. The molecule has 0 heterocycles. The number of amides is 1. The molecule has 0 saturated heterocycles. The second kappa shape index (κ2) is 5.08. The molecule has 4 nitrogen and oxygen atoms in total. The van der Waals surface area contributed by atoms with E-state index in [1.165, 1.54) is 0 Å². The molecule has 1 amide bonds. The first kappa shape index (κ1) is 13.4. The Morgan fingerprint density at radius 3 is 2.44 bits per heavy atom. The van der Waals surface area contributed by atoms with Gasteiger partial charge in [-0.3, -0.25) is 9.59 Å². The summed E-state index contributed by atoms with van der Waals surface area (Å²) < 4.78 is 0. The summed E-state index contributed by atoms with van der Waals surface area (Å²) in [6, 6.07) is 0.108. The van der Waals surface area contributed by atoms with Crippen LogP contribution < -0.4 is 0 Å². The number of hydrogen-bond donors (Lipinski definition) is 1. The topological polar surface area (TPSA) is 57.6 Å². The molecule has 0 aliphatic heterocycles. The largest absolute Gasteiger partial charge is 0.480 e. The SMILES string of the molecule is CSCCC(C)N(C)C(=O)C1(C(=O)O)CC1. The van der Waals surface area contributed by atoms with Crippen LogP contribution in [0.25, 0.3) is 0 Å². The molecule has 16 heavy (non-hydrogen) atoms. The number of nitrogens with zero attached hydrogens (tertiary/aromatic N) is 1. The molecular weight excluding hydrogens is 226 g/mol. The van der Waals surface area contributed by atoms with E-state index in [0.29, 0.717) is 12.8 Å². The van der Waals surface area contributed by atoms with Gasteiger partial charge in [0.2, 0.25) is 5.91 Å². The first-order valence-corrected chi connectivity index (χ1v) is 6.84. The molecule has 1 atom stereocenters. The van der Waals surface area contributed by atoms with Crippen LogP contribution in [0.2, 0.25) is 0 Å². The van der Waals surface area contributed by atoms with Crippen LogP contribution in [0.4, 0.5) is 0 Å². The Morgan fingerprint density at radius 2 is 2.06 bits per heavy atom. The van der Waals surface area contributed by atoms with Gasteiger partial charge in [0.25, 0.3) is 0 Å². The highest BCUT2D eigenvalue weighted by atomic mass is 32.2. The quantitative estimate of drug-likeness (QED) is 0.720. The lowest BCUT2D eigenvalue weighted by atomic mass is 10.0. The first-order valence-electron chi connectivity index (χ1n) is 5.45. The lowest BCUT2D eigenvalue weighted by molar-refractivity contribution is -0.153. The van der Waals surface area contributed by atoms with Gasteiger partial charge in [0.15, 0.2) is 0 Å². The van der Waals surface area contributed by atoms with E-state index < -0.39 is 11.4 Å². The number of thioether (sulfide) groups is 1. The van der Waals surface area contributed by atoms with E-state index in [4.69, 9.17) is 5.11 Å². The number of aliphatic carboxylic acids is 1. The molecule has 1 aliphatic carbocycles. The minimum Gasteiger partial charge on any atom is -0.480 e. The second-order valence-corrected chi connectivity index (χ2v) is 5.42. The van der Waals surface area contributed by atoms with Gasteiger partial charge in [-0.05, 0) is 38.2 Å². The molecule has 92 valence electrons. The van der Waals surface area contributed by atoms with E-state index in [2.05, 4.69) is 0 Å².